The molecule has 0 saturated carbocycles. The molecule has 6 saturated heterocycles. The van der Waals surface area contributed by atoms with Crippen molar-refractivity contribution in [2.75, 3.05) is 0 Å². The number of rotatable bonds is 16. The van der Waals surface area contributed by atoms with Gasteiger partial charge in [-0.15, -0.1) is 6.58 Å². The van der Waals surface area contributed by atoms with Crippen LogP contribution in [0, 0.1) is 0 Å². The van der Waals surface area contributed by atoms with Crippen molar-refractivity contribution in [3.8, 4) is 0 Å². The summed E-state index contributed by atoms with van der Waals surface area (Å²) in [4.78, 5) is 0. The average molecular weight is 759 g/mol. The Morgan fingerprint density at radius 2 is 0.568 bits per heavy atom. The third kappa shape index (κ3) is 6.88. The van der Waals surface area contributed by atoms with Gasteiger partial charge in [-0.1, -0.05) is 80.2 Å². The van der Waals surface area contributed by atoms with Crippen molar-refractivity contribution in [2.24, 2.45) is 0 Å². The lowest BCUT2D eigenvalue weighted by molar-refractivity contribution is -0.0289. The lowest BCUT2D eigenvalue weighted by Crippen LogP contribution is -2.88. The SMILES string of the molecule is C=CCCCCCCCC[Si]12O[Si]3(CC)O[Si]4(CC)O[Si]5(CC)O[Si](CC)(O3)O[Si](CC)(O[Si](CC)(O5)O[Si](CC)(O4)O1)O2. The third-order valence-corrected chi connectivity index (χ3v) is 45.8. The molecule has 0 aliphatic carbocycles. The van der Waals surface area contributed by atoms with E-state index in [2.05, 4.69) is 6.58 Å². The molecule has 0 N–H and O–H groups in total. The summed E-state index contributed by atoms with van der Waals surface area (Å²) in [7, 11) is -28.8. The lowest BCUT2D eigenvalue weighted by Gasteiger charge is -2.63. The topological polar surface area (TPSA) is 111 Å². The summed E-state index contributed by atoms with van der Waals surface area (Å²) in [6.45, 7) is 18.0. The summed E-state index contributed by atoms with van der Waals surface area (Å²) in [6, 6.07) is 3.85. The molecule has 6 heterocycles. The third-order valence-electron chi connectivity index (χ3n) is 8.90. The Bertz CT molecular complexity index is 907. The fraction of sp³-hybridized carbons (Fsp3) is 0.917. The normalized spacial score (nSPS) is 46.2. The number of unbranched alkanes of at least 4 members (excludes halogenated alkanes) is 6. The van der Waals surface area contributed by atoms with Crippen LogP contribution in [0.4, 0.5) is 0 Å². The maximum atomic E-state index is 7.31. The molecule has 0 aromatic carbocycles. The van der Waals surface area contributed by atoms with Gasteiger partial charge in [0.25, 0.3) is 0 Å². The molecule has 0 aromatic rings. The summed E-state index contributed by atoms with van der Waals surface area (Å²) >= 11 is 0. The van der Waals surface area contributed by atoms with E-state index in [1.807, 2.05) is 54.5 Å². The molecule has 254 valence electrons. The Morgan fingerprint density at radius 3 is 0.818 bits per heavy atom. The Labute approximate surface area is 273 Å². The Balaban J connectivity index is 1.64. The maximum Gasteiger partial charge on any atom is 0.478 e. The van der Waals surface area contributed by atoms with Crippen LogP contribution in [0.15, 0.2) is 12.7 Å². The highest BCUT2D eigenvalue weighted by atomic mass is 28.6. The standard InChI is InChI=1S/C24H54O12Si8/c1-9-17-18-19-20-21-22-23-24-44-34-41(14-6)28-38(11-3)25-37(10-2)26-39(12-4,30-41)32-43(16-8,36-44)33-40(13-5,27-37)31-42(15-7,29-38)35-44/h9H,1,10-24H2,2-8H3. The zero-order valence-corrected chi connectivity index (χ0v) is 35.8. The van der Waals surface area contributed by atoms with Gasteiger partial charge < -0.3 is 49.4 Å². The molecule has 6 aliphatic heterocycles. The predicted molar refractivity (Wildman–Crippen MR) is 180 cm³/mol. The molecular formula is C24H54O12Si8. The molecular weight excluding hydrogens is 705 g/mol. The van der Waals surface area contributed by atoms with Crippen molar-refractivity contribution in [1.29, 1.82) is 0 Å². The first-order chi connectivity index (χ1) is 21.0. The van der Waals surface area contributed by atoms with Crippen LogP contribution in [-0.4, -0.2) is 70.4 Å². The Hall–Kier alpha value is 0.995. The molecule has 8 bridgehead atoms. The highest BCUT2D eigenvalue weighted by molar-refractivity contribution is 7.03. The van der Waals surface area contributed by atoms with Crippen LogP contribution in [-0.2, 0) is 49.4 Å². The first kappa shape index (κ1) is 36.3. The monoisotopic (exact) mass is 758 g/mol. The molecule has 12 nitrogen and oxygen atoms in total. The first-order valence-electron chi connectivity index (χ1n) is 17.0. The van der Waals surface area contributed by atoms with Crippen molar-refractivity contribution in [1.82, 2.24) is 0 Å². The smallest absolute Gasteiger partial charge is 0.373 e. The molecule has 6 fully saturated rings. The minimum atomic E-state index is -3.65. The number of allylic oxidation sites excluding steroid dienone is 1. The molecule has 0 atom stereocenters. The van der Waals surface area contributed by atoms with E-state index in [4.69, 9.17) is 49.4 Å². The molecule has 0 unspecified atom stereocenters. The van der Waals surface area contributed by atoms with Gasteiger partial charge in [-0.3, -0.25) is 0 Å². The van der Waals surface area contributed by atoms with E-state index >= 15 is 0 Å². The highest BCUT2D eigenvalue weighted by Gasteiger charge is 2.81. The van der Waals surface area contributed by atoms with Crippen LogP contribution in [0.3, 0.4) is 0 Å². The van der Waals surface area contributed by atoms with Gasteiger partial charge in [-0.05, 0) is 19.3 Å². The second-order valence-electron chi connectivity index (χ2n) is 12.1. The van der Waals surface area contributed by atoms with Crippen molar-refractivity contribution in [2.45, 2.75) is 142 Å². The first-order valence-corrected chi connectivity index (χ1v) is 32.4. The molecule has 0 amide bonds. The summed E-state index contributed by atoms with van der Waals surface area (Å²) in [5.41, 5.74) is 0. The van der Waals surface area contributed by atoms with Crippen LogP contribution in [0.1, 0.15) is 93.4 Å². The zero-order chi connectivity index (χ0) is 31.8. The van der Waals surface area contributed by atoms with E-state index < -0.39 is 70.4 Å². The van der Waals surface area contributed by atoms with Crippen molar-refractivity contribution >= 4 is 70.4 Å². The molecule has 20 heteroatoms. The second-order valence-corrected chi connectivity index (χ2v) is 38.3. The van der Waals surface area contributed by atoms with E-state index in [-0.39, 0.29) is 0 Å². The van der Waals surface area contributed by atoms with E-state index in [0.29, 0.717) is 48.4 Å². The Morgan fingerprint density at radius 1 is 0.341 bits per heavy atom. The summed E-state index contributed by atoms with van der Waals surface area (Å²) in [5.74, 6) is 0. The minimum Gasteiger partial charge on any atom is -0.373 e. The Kier molecular flexibility index (Phi) is 11.3. The summed E-state index contributed by atoms with van der Waals surface area (Å²) in [5, 5.41) is 0. The molecule has 44 heavy (non-hydrogen) atoms. The van der Waals surface area contributed by atoms with E-state index in [9.17, 15) is 0 Å². The van der Waals surface area contributed by atoms with Gasteiger partial charge in [0, 0.05) is 48.4 Å². The molecule has 6 rings (SSSR count). The van der Waals surface area contributed by atoms with Crippen molar-refractivity contribution in [3.63, 3.8) is 0 Å². The van der Waals surface area contributed by atoms with Gasteiger partial charge in [0.2, 0.25) is 0 Å². The van der Waals surface area contributed by atoms with Gasteiger partial charge in [-0.25, -0.2) is 0 Å². The van der Waals surface area contributed by atoms with Gasteiger partial charge in [0.1, 0.15) is 0 Å². The molecule has 0 aromatic heterocycles. The zero-order valence-electron chi connectivity index (χ0n) is 27.8. The largest absolute Gasteiger partial charge is 0.478 e. The highest BCUT2D eigenvalue weighted by Crippen LogP contribution is 2.53. The van der Waals surface area contributed by atoms with Crippen LogP contribution < -0.4 is 0 Å². The van der Waals surface area contributed by atoms with E-state index in [1.165, 1.54) is 19.3 Å². The number of hydrogen-bond donors (Lipinski definition) is 0. The fourth-order valence-electron chi connectivity index (χ4n) is 6.35. The van der Waals surface area contributed by atoms with Gasteiger partial charge >= 0.3 is 70.4 Å². The van der Waals surface area contributed by atoms with Crippen LogP contribution in [0.5, 0.6) is 0 Å². The summed E-state index contributed by atoms with van der Waals surface area (Å²) in [6.07, 6.45) is 9.64. The second kappa shape index (κ2) is 13.7. The number of hydrogen-bond acceptors (Lipinski definition) is 12. The predicted octanol–water partition coefficient (Wildman–Crippen LogP) is 6.82. The van der Waals surface area contributed by atoms with Gasteiger partial charge in [0.05, 0.1) is 0 Å². The van der Waals surface area contributed by atoms with E-state index in [0.717, 1.165) is 25.7 Å². The quantitative estimate of drug-likeness (QED) is 0.0936. The average Bonchev–Trinajstić information content (AvgIpc) is 2.97. The summed E-state index contributed by atoms with van der Waals surface area (Å²) < 4.78 is 86.4. The van der Waals surface area contributed by atoms with E-state index in [1.54, 1.807) is 0 Å². The van der Waals surface area contributed by atoms with Crippen molar-refractivity contribution < 1.29 is 49.4 Å². The van der Waals surface area contributed by atoms with Crippen LogP contribution >= 0.6 is 0 Å². The van der Waals surface area contributed by atoms with Gasteiger partial charge in [-0.2, -0.15) is 0 Å². The molecule has 0 spiro atoms. The molecule has 6 aliphatic rings. The minimum absolute atomic E-state index is 0.467. The molecule has 0 radical (unpaired) electrons. The van der Waals surface area contributed by atoms with Crippen molar-refractivity contribution in [3.05, 3.63) is 12.7 Å². The van der Waals surface area contributed by atoms with Gasteiger partial charge in [0.15, 0.2) is 0 Å². The van der Waals surface area contributed by atoms with Crippen LogP contribution in [0.25, 0.3) is 0 Å². The maximum absolute atomic E-state index is 7.31. The fourth-order valence-corrected chi connectivity index (χ4v) is 56.1. The lowest BCUT2D eigenvalue weighted by atomic mass is 10.1. The van der Waals surface area contributed by atoms with Crippen LogP contribution in [0.2, 0.25) is 48.4 Å².